The molecule has 0 spiro atoms. The van der Waals surface area contributed by atoms with Crippen LogP contribution in [0.3, 0.4) is 0 Å². The smallest absolute Gasteiger partial charge is 0.321 e. The number of nitrogens with zero attached hydrogens (tertiary/aromatic N) is 4. The largest absolute Gasteiger partial charge is 0.352 e. The number of rotatable bonds is 4. The van der Waals surface area contributed by atoms with Crippen LogP contribution in [0.25, 0.3) is 11.3 Å². The highest BCUT2D eigenvalue weighted by atomic mass is 19.1. The van der Waals surface area contributed by atoms with Gasteiger partial charge in [-0.05, 0) is 42.3 Å². The van der Waals surface area contributed by atoms with Gasteiger partial charge < -0.3 is 15.1 Å². The van der Waals surface area contributed by atoms with E-state index in [2.05, 4.69) is 51.6 Å². The van der Waals surface area contributed by atoms with E-state index in [9.17, 15) is 9.18 Å². The van der Waals surface area contributed by atoms with Crippen molar-refractivity contribution in [2.75, 3.05) is 36.4 Å². The molecular weight excluding hydrogens is 381 g/mol. The Morgan fingerprint density at radius 3 is 2.40 bits per heavy atom. The molecule has 6 nitrogen and oxygen atoms in total. The summed E-state index contributed by atoms with van der Waals surface area (Å²) in [5.74, 6) is 0.426. The van der Waals surface area contributed by atoms with Gasteiger partial charge in [-0.2, -0.15) is 0 Å². The van der Waals surface area contributed by atoms with Crippen molar-refractivity contribution >= 4 is 17.5 Å². The van der Waals surface area contributed by atoms with E-state index in [1.165, 1.54) is 17.7 Å². The Kier molecular flexibility index (Phi) is 5.88. The predicted molar refractivity (Wildman–Crippen MR) is 116 cm³/mol. The van der Waals surface area contributed by atoms with Gasteiger partial charge in [0.15, 0.2) is 5.82 Å². The van der Waals surface area contributed by atoms with Gasteiger partial charge in [0, 0.05) is 37.4 Å². The molecule has 0 bridgehead atoms. The molecule has 0 atom stereocenters. The van der Waals surface area contributed by atoms with Gasteiger partial charge in [-0.25, -0.2) is 9.18 Å². The fourth-order valence-corrected chi connectivity index (χ4v) is 3.47. The van der Waals surface area contributed by atoms with Gasteiger partial charge in [-0.3, -0.25) is 0 Å². The highest BCUT2D eigenvalue weighted by Gasteiger charge is 2.22. The first-order valence-corrected chi connectivity index (χ1v) is 10.1. The molecule has 7 heteroatoms. The van der Waals surface area contributed by atoms with Crippen molar-refractivity contribution in [3.05, 3.63) is 72.0 Å². The number of halogens is 1. The third kappa shape index (κ3) is 4.56. The first-order chi connectivity index (χ1) is 14.6. The van der Waals surface area contributed by atoms with Crippen molar-refractivity contribution in [3.63, 3.8) is 0 Å². The molecule has 30 heavy (non-hydrogen) atoms. The second-order valence-electron chi connectivity index (χ2n) is 7.24. The molecule has 154 valence electrons. The number of amides is 2. The molecule has 1 aliphatic heterocycles. The summed E-state index contributed by atoms with van der Waals surface area (Å²) in [4.78, 5) is 16.2. The maximum atomic E-state index is 13.3. The van der Waals surface area contributed by atoms with Crippen LogP contribution in [-0.2, 0) is 6.42 Å². The monoisotopic (exact) mass is 405 g/mol. The molecule has 0 radical (unpaired) electrons. The average molecular weight is 405 g/mol. The average Bonchev–Trinajstić information content (AvgIpc) is 2.79. The van der Waals surface area contributed by atoms with Crippen LogP contribution in [0.1, 0.15) is 12.5 Å². The topological polar surface area (TPSA) is 61.4 Å². The second kappa shape index (κ2) is 8.90. The molecule has 2 heterocycles. The number of benzene rings is 2. The molecular formula is C23H24FN5O. The van der Waals surface area contributed by atoms with Crippen LogP contribution < -0.4 is 10.2 Å². The summed E-state index contributed by atoms with van der Waals surface area (Å²) in [7, 11) is 0. The van der Waals surface area contributed by atoms with E-state index < -0.39 is 0 Å². The zero-order valence-electron chi connectivity index (χ0n) is 16.9. The number of hydrogen-bond donors (Lipinski definition) is 1. The lowest BCUT2D eigenvalue weighted by Gasteiger charge is -2.35. The first kappa shape index (κ1) is 19.8. The van der Waals surface area contributed by atoms with Gasteiger partial charge in [-0.15, -0.1) is 10.2 Å². The number of carbonyl (C=O) groups is 1. The lowest BCUT2D eigenvalue weighted by atomic mass is 10.1. The minimum Gasteiger partial charge on any atom is -0.352 e. The van der Waals surface area contributed by atoms with Gasteiger partial charge in [0.25, 0.3) is 0 Å². The Morgan fingerprint density at radius 2 is 1.77 bits per heavy atom. The van der Waals surface area contributed by atoms with Gasteiger partial charge in [-0.1, -0.05) is 37.3 Å². The number of urea groups is 1. The molecule has 1 fully saturated rings. The Labute approximate surface area is 175 Å². The molecule has 0 unspecified atom stereocenters. The highest BCUT2D eigenvalue weighted by molar-refractivity contribution is 5.89. The maximum Gasteiger partial charge on any atom is 0.321 e. The van der Waals surface area contributed by atoms with E-state index in [4.69, 9.17) is 0 Å². The quantitative estimate of drug-likeness (QED) is 0.707. The van der Waals surface area contributed by atoms with E-state index in [0.29, 0.717) is 31.9 Å². The Balaban J connectivity index is 1.34. The molecule has 1 N–H and O–H groups in total. The van der Waals surface area contributed by atoms with Gasteiger partial charge in [0.1, 0.15) is 5.82 Å². The summed E-state index contributed by atoms with van der Waals surface area (Å²) in [5.41, 5.74) is 3.64. The van der Waals surface area contributed by atoms with Crippen molar-refractivity contribution < 1.29 is 9.18 Å². The number of aromatic nitrogens is 2. The summed E-state index contributed by atoms with van der Waals surface area (Å²) in [6.07, 6.45) is 1.01. The maximum absolute atomic E-state index is 13.3. The Hall–Kier alpha value is -3.48. The van der Waals surface area contributed by atoms with E-state index >= 15 is 0 Å². The zero-order chi connectivity index (χ0) is 20.9. The number of carbonyl (C=O) groups excluding carboxylic acids is 1. The van der Waals surface area contributed by atoms with Crippen LogP contribution in [0.5, 0.6) is 0 Å². The number of piperazine rings is 1. The van der Waals surface area contributed by atoms with Crippen LogP contribution in [0.2, 0.25) is 0 Å². The minimum absolute atomic E-state index is 0.225. The summed E-state index contributed by atoms with van der Waals surface area (Å²) in [6, 6.07) is 18.0. The first-order valence-electron chi connectivity index (χ1n) is 10.1. The molecule has 0 saturated carbocycles. The van der Waals surface area contributed by atoms with Gasteiger partial charge >= 0.3 is 6.03 Å². The lowest BCUT2D eigenvalue weighted by molar-refractivity contribution is 0.208. The van der Waals surface area contributed by atoms with Crippen LogP contribution in [0.4, 0.5) is 20.7 Å². The molecule has 4 rings (SSSR count). The summed E-state index contributed by atoms with van der Waals surface area (Å²) < 4.78 is 13.3. The van der Waals surface area contributed by atoms with Crippen molar-refractivity contribution in [3.8, 4) is 11.3 Å². The Morgan fingerprint density at radius 1 is 1.00 bits per heavy atom. The van der Waals surface area contributed by atoms with Gasteiger partial charge in [0.05, 0.1) is 5.69 Å². The number of anilines is 2. The molecule has 2 aromatic carbocycles. The zero-order valence-corrected chi connectivity index (χ0v) is 16.9. The SMILES string of the molecule is CCc1ccc(-c2ccc(N3CCN(C(=O)Nc4cccc(F)c4)CC3)nn2)cc1. The minimum atomic E-state index is -0.374. The molecule has 1 saturated heterocycles. The summed E-state index contributed by atoms with van der Waals surface area (Å²) >= 11 is 0. The standard InChI is InChI=1S/C23H24FN5O/c1-2-17-6-8-18(9-7-17)21-10-11-22(27-26-21)28-12-14-29(15-13-28)23(30)25-20-5-3-4-19(24)16-20/h3-11,16H,2,12-15H2,1H3,(H,25,30). The number of aryl methyl sites for hydroxylation is 1. The fourth-order valence-electron chi connectivity index (χ4n) is 3.47. The van der Waals surface area contributed by atoms with Crippen LogP contribution in [0.15, 0.2) is 60.7 Å². The third-order valence-corrected chi connectivity index (χ3v) is 5.28. The number of hydrogen-bond acceptors (Lipinski definition) is 4. The molecule has 1 aliphatic rings. The van der Waals surface area contributed by atoms with Crippen molar-refractivity contribution in [2.24, 2.45) is 0 Å². The predicted octanol–water partition coefficient (Wildman–Crippen LogP) is 4.20. The second-order valence-corrected chi connectivity index (χ2v) is 7.24. The van der Waals surface area contributed by atoms with E-state index in [0.717, 1.165) is 23.5 Å². The number of nitrogens with one attached hydrogen (secondary N) is 1. The molecule has 0 aliphatic carbocycles. The Bertz CT molecular complexity index is 999. The van der Waals surface area contributed by atoms with Gasteiger partial charge in [0.2, 0.25) is 0 Å². The van der Waals surface area contributed by atoms with E-state index in [-0.39, 0.29) is 11.8 Å². The summed E-state index contributed by atoms with van der Waals surface area (Å²) in [5, 5.41) is 11.5. The van der Waals surface area contributed by atoms with E-state index in [1.807, 2.05) is 12.1 Å². The third-order valence-electron chi connectivity index (χ3n) is 5.28. The van der Waals surface area contributed by atoms with Crippen molar-refractivity contribution in [2.45, 2.75) is 13.3 Å². The molecule has 3 aromatic rings. The van der Waals surface area contributed by atoms with Crippen LogP contribution >= 0.6 is 0 Å². The highest BCUT2D eigenvalue weighted by Crippen LogP contribution is 2.20. The van der Waals surface area contributed by atoms with Crippen LogP contribution in [0, 0.1) is 5.82 Å². The molecule has 1 aromatic heterocycles. The summed E-state index contributed by atoms with van der Waals surface area (Å²) in [6.45, 7) is 4.58. The molecule has 2 amide bonds. The fraction of sp³-hybridized carbons (Fsp3) is 0.261. The van der Waals surface area contributed by atoms with Crippen molar-refractivity contribution in [1.29, 1.82) is 0 Å². The van der Waals surface area contributed by atoms with Crippen LogP contribution in [-0.4, -0.2) is 47.3 Å². The van der Waals surface area contributed by atoms with E-state index in [1.54, 1.807) is 17.0 Å². The van der Waals surface area contributed by atoms with Crippen molar-refractivity contribution in [1.82, 2.24) is 15.1 Å². The lowest BCUT2D eigenvalue weighted by Crippen LogP contribution is -2.50. The normalized spacial score (nSPS) is 13.9.